The molecule has 1 atom stereocenters. The topological polar surface area (TPSA) is 89.6 Å². The van der Waals surface area contributed by atoms with Crippen LogP contribution >= 0.6 is 0 Å². The van der Waals surface area contributed by atoms with Crippen molar-refractivity contribution in [3.05, 3.63) is 77.8 Å². The summed E-state index contributed by atoms with van der Waals surface area (Å²) in [6.45, 7) is 3.82. The number of fused-ring (bicyclic) bond motifs is 1. The molecule has 2 fully saturated rings. The zero-order valence-corrected chi connectivity index (χ0v) is 22.0. The molecule has 5 heterocycles. The molecule has 0 bridgehead atoms. The number of benzene rings is 1. The summed E-state index contributed by atoms with van der Waals surface area (Å²) < 4.78 is 37.3. The second-order valence-corrected chi connectivity index (χ2v) is 10.9. The Hall–Kier alpha value is -3.70. The molecule has 0 saturated carbocycles. The van der Waals surface area contributed by atoms with Gasteiger partial charge in [0.15, 0.2) is 0 Å². The van der Waals surface area contributed by atoms with E-state index in [9.17, 15) is 13.6 Å². The predicted molar refractivity (Wildman–Crippen MR) is 141 cm³/mol. The fraction of sp³-hybridized carbons (Fsp3) is 0.429. The number of hydrogen-bond acceptors (Lipinski definition) is 6. The van der Waals surface area contributed by atoms with Crippen molar-refractivity contribution < 1.29 is 18.3 Å². The van der Waals surface area contributed by atoms with Gasteiger partial charge in [-0.3, -0.25) is 9.69 Å². The second-order valence-electron chi connectivity index (χ2n) is 10.9. The van der Waals surface area contributed by atoms with Crippen LogP contribution in [0.15, 0.2) is 55.2 Å². The molecule has 1 N–H and O–H groups in total. The van der Waals surface area contributed by atoms with E-state index >= 15 is 0 Å². The van der Waals surface area contributed by atoms with Crippen LogP contribution in [0, 0.1) is 5.92 Å². The number of rotatable bonds is 7. The lowest BCUT2D eigenvalue weighted by Gasteiger charge is -2.41. The number of carbonyl (C=O) groups is 1. The normalized spacial score (nSPS) is 20.6. The standard InChI is InChI=1S/C28H31F2N7O2/c1-19-13-36(8-6-28(19,29)30)14-20-10-23(25-31-7-9-37(25)15-20)26(38)33-22-5-3-4-21(11-22)27(16-39-17-27)12-24-34-32-18-35(24)2/h3-5,7,9-11,15,18-19H,6,8,12-14,16-17H2,1-2H3,(H,33,38)/t19-/m1/s1. The van der Waals surface area contributed by atoms with Crippen molar-refractivity contribution in [3.8, 4) is 0 Å². The monoisotopic (exact) mass is 535 g/mol. The third-order valence-corrected chi connectivity index (χ3v) is 8.00. The van der Waals surface area contributed by atoms with Crippen molar-refractivity contribution in [2.24, 2.45) is 13.0 Å². The number of alkyl halides is 2. The van der Waals surface area contributed by atoms with Crippen LogP contribution in [0.5, 0.6) is 0 Å². The van der Waals surface area contributed by atoms with Crippen LogP contribution in [0.2, 0.25) is 0 Å². The van der Waals surface area contributed by atoms with E-state index in [0.29, 0.717) is 56.2 Å². The van der Waals surface area contributed by atoms with Crippen LogP contribution in [0.25, 0.3) is 5.65 Å². The van der Waals surface area contributed by atoms with Gasteiger partial charge in [-0.2, -0.15) is 0 Å². The summed E-state index contributed by atoms with van der Waals surface area (Å²) >= 11 is 0. The van der Waals surface area contributed by atoms with Crippen molar-refractivity contribution in [3.63, 3.8) is 0 Å². The predicted octanol–water partition coefficient (Wildman–Crippen LogP) is 3.70. The van der Waals surface area contributed by atoms with Gasteiger partial charge in [-0.15, -0.1) is 10.2 Å². The summed E-state index contributed by atoms with van der Waals surface area (Å²) in [6.07, 6.45) is 7.55. The summed E-state index contributed by atoms with van der Waals surface area (Å²) in [4.78, 5) is 19.9. The number of amides is 1. The molecule has 39 heavy (non-hydrogen) atoms. The smallest absolute Gasteiger partial charge is 0.259 e. The molecule has 204 valence electrons. The first-order valence-corrected chi connectivity index (χ1v) is 13.1. The molecule has 2 aliphatic heterocycles. The van der Waals surface area contributed by atoms with Gasteiger partial charge in [0.1, 0.15) is 17.8 Å². The zero-order valence-electron chi connectivity index (χ0n) is 22.0. The molecular formula is C28H31F2N7O2. The Balaban J connectivity index is 1.22. The van der Waals surface area contributed by atoms with E-state index in [-0.39, 0.29) is 17.7 Å². The number of carbonyl (C=O) groups excluding carboxylic acids is 1. The van der Waals surface area contributed by atoms with Crippen LogP contribution in [0.4, 0.5) is 14.5 Å². The molecule has 2 saturated heterocycles. The van der Waals surface area contributed by atoms with Crippen LogP contribution in [0.1, 0.15) is 40.7 Å². The largest absolute Gasteiger partial charge is 0.379 e. The number of hydrogen-bond donors (Lipinski definition) is 1. The molecule has 0 unspecified atom stereocenters. The number of pyridine rings is 1. The number of likely N-dealkylation sites (tertiary alicyclic amines) is 1. The number of nitrogens with one attached hydrogen (secondary N) is 1. The summed E-state index contributed by atoms with van der Waals surface area (Å²) in [7, 11) is 1.92. The third kappa shape index (κ3) is 4.92. The van der Waals surface area contributed by atoms with Crippen LogP contribution in [0.3, 0.4) is 0 Å². The fourth-order valence-electron chi connectivity index (χ4n) is 5.53. The number of anilines is 1. The summed E-state index contributed by atoms with van der Waals surface area (Å²) in [5, 5.41) is 11.3. The molecule has 6 rings (SSSR count). The van der Waals surface area contributed by atoms with Gasteiger partial charge < -0.3 is 19.0 Å². The third-order valence-electron chi connectivity index (χ3n) is 8.00. The lowest BCUT2D eigenvalue weighted by molar-refractivity contribution is -0.100. The Labute approximate surface area is 224 Å². The first kappa shape index (κ1) is 25.6. The minimum absolute atomic E-state index is 0.158. The number of piperidine rings is 1. The molecule has 1 amide bonds. The molecule has 11 heteroatoms. The Morgan fingerprint density at radius 1 is 1.26 bits per heavy atom. The van der Waals surface area contributed by atoms with Crippen LogP contribution in [-0.2, 0) is 30.2 Å². The minimum Gasteiger partial charge on any atom is -0.379 e. The highest BCUT2D eigenvalue weighted by Crippen LogP contribution is 2.37. The maximum Gasteiger partial charge on any atom is 0.259 e. The van der Waals surface area contributed by atoms with Crippen molar-refractivity contribution >= 4 is 17.2 Å². The van der Waals surface area contributed by atoms with Gasteiger partial charge in [0, 0.05) is 75.1 Å². The Morgan fingerprint density at radius 3 is 2.82 bits per heavy atom. The first-order chi connectivity index (χ1) is 18.7. The van der Waals surface area contributed by atoms with Crippen molar-refractivity contribution in [1.82, 2.24) is 29.0 Å². The quantitative estimate of drug-likeness (QED) is 0.388. The average Bonchev–Trinajstić information content (AvgIpc) is 3.52. The number of aryl methyl sites for hydroxylation is 1. The minimum atomic E-state index is -2.64. The van der Waals surface area contributed by atoms with Gasteiger partial charge >= 0.3 is 0 Å². The number of aromatic nitrogens is 5. The van der Waals surface area contributed by atoms with Crippen molar-refractivity contribution in [2.75, 3.05) is 31.6 Å². The molecule has 1 aromatic carbocycles. The maximum absolute atomic E-state index is 14.0. The van der Waals surface area contributed by atoms with Crippen LogP contribution < -0.4 is 5.32 Å². The maximum atomic E-state index is 14.0. The average molecular weight is 536 g/mol. The first-order valence-electron chi connectivity index (χ1n) is 13.1. The van der Waals surface area contributed by atoms with Gasteiger partial charge in [-0.1, -0.05) is 19.1 Å². The molecule has 2 aliphatic rings. The molecule has 9 nitrogen and oxygen atoms in total. The SMILES string of the molecule is C[C@@H]1CN(Cc2cc(C(=O)Nc3cccc(C4(Cc5nncn5C)COC4)c3)c3nccn3c2)CCC1(F)F. The van der Waals surface area contributed by atoms with Gasteiger partial charge in [0.05, 0.1) is 18.8 Å². The molecule has 0 radical (unpaired) electrons. The highest BCUT2D eigenvalue weighted by atomic mass is 19.3. The van der Waals surface area contributed by atoms with E-state index < -0.39 is 11.8 Å². The lowest BCUT2D eigenvalue weighted by Crippen LogP contribution is -2.49. The van der Waals surface area contributed by atoms with Crippen LogP contribution in [-0.4, -0.2) is 67.2 Å². The van der Waals surface area contributed by atoms with Crippen molar-refractivity contribution in [2.45, 2.75) is 37.6 Å². The molecule has 4 aromatic rings. The van der Waals surface area contributed by atoms with E-state index in [4.69, 9.17) is 4.74 Å². The summed E-state index contributed by atoms with van der Waals surface area (Å²) in [5.41, 5.74) is 3.33. The number of halogens is 2. The lowest BCUT2D eigenvalue weighted by atomic mass is 9.75. The Bertz CT molecular complexity index is 1510. The number of ether oxygens (including phenoxy) is 1. The van der Waals surface area contributed by atoms with Crippen molar-refractivity contribution in [1.29, 1.82) is 0 Å². The van der Waals surface area contributed by atoms with E-state index in [1.807, 2.05) is 57.4 Å². The fourth-order valence-corrected chi connectivity index (χ4v) is 5.53. The van der Waals surface area contributed by atoms with E-state index in [2.05, 4.69) is 20.5 Å². The van der Waals surface area contributed by atoms with Gasteiger partial charge in [0.25, 0.3) is 11.8 Å². The van der Waals surface area contributed by atoms with E-state index in [1.54, 1.807) is 25.6 Å². The van der Waals surface area contributed by atoms with E-state index in [1.165, 1.54) is 0 Å². The Kier molecular flexibility index (Phi) is 6.43. The van der Waals surface area contributed by atoms with E-state index in [0.717, 1.165) is 17.0 Å². The number of nitrogens with zero attached hydrogens (tertiary/aromatic N) is 6. The zero-order chi connectivity index (χ0) is 27.2. The summed E-state index contributed by atoms with van der Waals surface area (Å²) in [5.74, 6) is -2.76. The second kappa shape index (κ2) is 9.80. The highest BCUT2D eigenvalue weighted by molar-refractivity contribution is 6.08. The molecular weight excluding hydrogens is 504 g/mol. The molecule has 0 aliphatic carbocycles. The molecule has 3 aromatic heterocycles. The Morgan fingerprint density at radius 2 is 2.10 bits per heavy atom. The van der Waals surface area contributed by atoms with Gasteiger partial charge in [-0.25, -0.2) is 13.8 Å². The summed E-state index contributed by atoms with van der Waals surface area (Å²) in [6, 6.07) is 9.63. The van der Waals surface area contributed by atoms with Gasteiger partial charge in [0.2, 0.25) is 0 Å². The molecule has 0 spiro atoms. The highest BCUT2D eigenvalue weighted by Gasteiger charge is 2.42. The number of imidazole rings is 1. The van der Waals surface area contributed by atoms with Gasteiger partial charge in [-0.05, 0) is 29.3 Å².